The normalized spacial score (nSPS) is 10.1. The lowest BCUT2D eigenvalue weighted by Crippen LogP contribution is -2.32. The first kappa shape index (κ1) is 18.2. The molecule has 0 aliphatic heterocycles. The van der Waals surface area contributed by atoms with Crippen LogP contribution in [0.25, 0.3) is 0 Å². The molecule has 0 spiro atoms. The number of aliphatic hydroxyl groups excluding tert-OH is 1. The summed E-state index contributed by atoms with van der Waals surface area (Å²) in [4.78, 5) is 24.9. The topological polar surface area (TPSA) is 87.1 Å². The summed E-state index contributed by atoms with van der Waals surface area (Å²) in [5.41, 5.74) is 1.53. The third-order valence-electron chi connectivity index (χ3n) is 3.46. The van der Waals surface area contributed by atoms with Gasteiger partial charge in [-0.15, -0.1) is 6.58 Å². The molecule has 2 N–H and O–H groups in total. The Morgan fingerprint density at radius 1 is 1.12 bits per heavy atom. The maximum absolute atomic E-state index is 12.4. The smallest absolute Gasteiger partial charge is 0.414 e. The summed E-state index contributed by atoms with van der Waals surface area (Å²) in [7, 11) is 0. The van der Waals surface area contributed by atoms with Gasteiger partial charge < -0.3 is 14.9 Å². The predicted molar refractivity (Wildman–Crippen MR) is 93.5 cm³/mol. The third kappa shape index (κ3) is 4.92. The summed E-state index contributed by atoms with van der Waals surface area (Å²) < 4.78 is 5.30. The Kier molecular flexibility index (Phi) is 6.31. The van der Waals surface area contributed by atoms with E-state index >= 15 is 0 Å². The van der Waals surface area contributed by atoms with Gasteiger partial charge in [0.2, 0.25) is 0 Å². The average Bonchev–Trinajstić information content (AvgIpc) is 2.64. The van der Waals surface area contributed by atoms with Crippen molar-refractivity contribution in [1.82, 2.24) is 0 Å². The van der Waals surface area contributed by atoms with Gasteiger partial charge in [-0.05, 0) is 29.3 Å². The number of ether oxygens (including phenoxy) is 1. The fraction of sp³-hybridized carbons (Fsp3) is 0.158. The SMILES string of the molecule is C=CCN(C(=O)OCc1ccccc1)c1cc(CO)cc(C(=O)O)c1. The number of aromatic carboxylic acids is 1. The molecule has 0 saturated heterocycles. The Hall–Kier alpha value is -3.12. The molecule has 6 nitrogen and oxygen atoms in total. The lowest BCUT2D eigenvalue weighted by Gasteiger charge is -2.22. The van der Waals surface area contributed by atoms with Crippen molar-refractivity contribution in [3.63, 3.8) is 0 Å². The summed E-state index contributed by atoms with van der Waals surface area (Å²) >= 11 is 0. The number of carboxylic acids is 1. The molecule has 0 aliphatic rings. The van der Waals surface area contributed by atoms with Crippen molar-refractivity contribution in [2.45, 2.75) is 13.2 Å². The molecule has 6 heteroatoms. The molecule has 2 aromatic rings. The van der Waals surface area contributed by atoms with Crippen LogP contribution < -0.4 is 4.90 Å². The molecule has 0 radical (unpaired) electrons. The number of anilines is 1. The molecule has 130 valence electrons. The second kappa shape index (κ2) is 8.65. The Morgan fingerprint density at radius 3 is 2.44 bits per heavy atom. The van der Waals surface area contributed by atoms with E-state index in [1.54, 1.807) is 6.07 Å². The van der Waals surface area contributed by atoms with Gasteiger partial charge in [0.1, 0.15) is 6.61 Å². The maximum atomic E-state index is 12.4. The molecular formula is C19H19NO5. The minimum atomic E-state index is -1.15. The van der Waals surface area contributed by atoms with Crippen LogP contribution in [0.3, 0.4) is 0 Å². The highest BCUT2D eigenvalue weighted by Gasteiger charge is 2.19. The van der Waals surface area contributed by atoms with E-state index in [1.807, 2.05) is 30.3 Å². The van der Waals surface area contributed by atoms with Crippen molar-refractivity contribution in [2.24, 2.45) is 0 Å². The quantitative estimate of drug-likeness (QED) is 0.755. The van der Waals surface area contributed by atoms with Gasteiger partial charge in [0, 0.05) is 12.2 Å². The van der Waals surface area contributed by atoms with E-state index in [0.29, 0.717) is 11.3 Å². The first-order chi connectivity index (χ1) is 12.0. The Labute approximate surface area is 145 Å². The van der Waals surface area contributed by atoms with Crippen molar-refractivity contribution < 1.29 is 24.5 Å². The summed E-state index contributed by atoms with van der Waals surface area (Å²) in [5, 5.41) is 18.5. The summed E-state index contributed by atoms with van der Waals surface area (Å²) in [6.07, 6.45) is 0.880. The number of rotatable bonds is 7. The number of aliphatic hydroxyl groups is 1. The minimum Gasteiger partial charge on any atom is -0.478 e. The van der Waals surface area contributed by atoms with E-state index in [0.717, 1.165) is 5.56 Å². The number of amides is 1. The monoisotopic (exact) mass is 341 g/mol. The molecule has 0 bridgehead atoms. The largest absolute Gasteiger partial charge is 0.478 e. The van der Waals surface area contributed by atoms with Gasteiger partial charge in [-0.2, -0.15) is 0 Å². The Morgan fingerprint density at radius 2 is 1.84 bits per heavy atom. The van der Waals surface area contributed by atoms with Gasteiger partial charge in [-0.25, -0.2) is 9.59 Å². The molecule has 0 heterocycles. The van der Waals surface area contributed by atoms with Crippen LogP contribution in [0.1, 0.15) is 21.5 Å². The summed E-state index contributed by atoms with van der Waals surface area (Å²) in [6.45, 7) is 3.51. The van der Waals surface area contributed by atoms with E-state index in [1.165, 1.54) is 23.1 Å². The van der Waals surface area contributed by atoms with Gasteiger partial charge in [0.25, 0.3) is 0 Å². The van der Waals surface area contributed by atoms with Crippen LogP contribution in [-0.2, 0) is 18.0 Å². The van der Waals surface area contributed by atoms with Gasteiger partial charge in [-0.3, -0.25) is 4.90 Å². The van der Waals surface area contributed by atoms with E-state index < -0.39 is 12.1 Å². The molecule has 0 atom stereocenters. The standard InChI is InChI=1S/C19H19NO5/c1-2-8-20(19(24)25-13-14-6-4-3-5-7-14)17-10-15(12-21)9-16(11-17)18(22)23/h2-7,9-11,21H,1,8,12-13H2,(H,22,23). The van der Waals surface area contributed by atoms with E-state index in [-0.39, 0.29) is 25.3 Å². The van der Waals surface area contributed by atoms with Gasteiger partial charge in [0.15, 0.2) is 0 Å². The Bertz CT molecular complexity index is 758. The van der Waals surface area contributed by atoms with Crippen LogP contribution in [0.15, 0.2) is 61.2 Å². The van der Waals surface area contributed by atoms with Crippen molar-refractivity contribution in [1.29, 1.82) is 0 Å². The zero-order valence-corrected chi connectivity index (χ0v) is 13.6. The van der Waals surface area contributed by atoms with Crippen molar-refractivity contribution in [3.8, 4) is 0 Å². The second-order valence-electron chi connectivity index (χ2n) is 5.29. The fourth-order valence-electron chi connectivity index (χ4n) is 2.26. The highest BCUT2D eigenvalue weighted by Crippen LogP contribution is 2.21. The fourth-order valence-corrected chi connectivity index (χ4v) is 2.26. The molecule has 0 aromatic heterocycles. The van der Waals surface area contributed by atoms with Gasteiger partial charge in [0.05, 0.1) is 12.2 Å². The molecule has 1 amide bonds. The highest BCUT2D eigenvalue weighted by atomic mass is 16.6. The molecule has 0 unspecified atom stereocenters. The second-order valence-corrected chi connectivity index (χ2v) is 5.29. The number of hydrogen-bond acceptors (Lipinski definition) is 4. The van der Waals surface area contributed by atoms with Crippen LogP contribution in [0.5, 0.6) is 0 Å². The Balaban J connectivity index is 2.24. The average molecular weight is 341 g/mol. The molecule has 0 aliphatic carbocycles. The molecule has 2 aromatic carbocycles. The number of hydrogen-bond donors (Lipinski definition) is 2. The van der Waals surface area contributed by atoms with Crippen LogP contribution in [0.4, 0.5) is 10.5 Å². The molecule has 25 heavy (non-hydrogen) atoms. The minimum absolute atomic E-state index is 0.0218. The number of carboxylic acid groups (broad SMARTS) is 1. The third-order valence-corrected chi connectivity index (χ3v) is 3.46. The molecule has 0 fully saturated rings. The van der Waals surface area contributed by atoms with E-state index in [9.17, 15) is 19.8 Å². The lowest BCUT2D eigenvalue weighted by molar-refractivity contribution is 0.0696. The molecule has 2 rings (SSSR count). The van der Waals surface area contributed by atoms with Gasteiger partial charge >= 0.3 is 12.1 Å². The predicted octanol–water partition coefficient (Wildman–Crippen LogP) is 3.21. The van der Waals surface area contributed by atoms with E-state index in [2.05, 4.69) is 6.58 Å². The van der Waals surface area contributed by atoms with Crippen LogP contribution in [-0.4, -0.2) is 28.8 Å². The number of benzene rings is 2. The summed E-state index contributed by atoms with van der Waals surface area (Å²) in [5.74, 6) is -1.15. The van der Waals surface area contributed by atoms with Crippen molar-refractivity contribution in [3.05, 3.63) is 77.9 Å². The number of nitrogens with zero attached hydrogens (tertiary/aromatic N) is 1. The van der Waals surface area contributed by atoms with Crippen LogP contribution >= 0.6 is 0 Å². The van der Waals surface area contributed by atoms with Crippen molar-refractivity contribution >= 4 is 17.7 Å². The number of carbonyl (C=O) groups excluding carboxylic acids is 1. The first-order valence-corrected chi connectivity index (χ1v) is 7.62. The number of carbonyl (C=O) groups is 2. The highest BCUT2D eigenvalue weighted by molar-refractivity contribution is 5.93. The maximum Gasteiger partial charge on any atom is 0.414 e. The van der Waals surface area contributed by atoms with Crippen LogP contribution in [0.2, 0.25) is 0 Å². The van der Waals surface area contributed by atoms with Gasteiger partial charge in [-0.1, -0.05) is 36.4 Å². The lowest BCUT2D eigenvalue weighted by atomic mass is 10.1. The molecule has 0 saturated carbocycles. The zero-order chi connectivity index (χ0) is 18.2. The zero-order valence-electron chi connectivity index (χ0n) is 13.6. The molecular weight excluding hydrogens is 322 g/mol. The summed E-state index contributed by atoms with van der Waals surface area (Å²) in [6, 6.07) is 13.5. The van der Waals surface area contributed by atoms with Crippen molar-refractivity contribution in [2.75, 3.05) is 11.4 Å². The first-order valence-electron chi connectivity index (χ1n) is 7.62. The van der Waals surface area contributed by atoms with E-state index in [4.69, 9.17) is 4.74 Å². The van der Waals surface area contributed by atoms with Crippen LogP contribution in [0, 0.1) is 0 Å².